The molecular weight excluding hydrogens is 262 g/mol. The van der Waals surface area contributed by atoms with Crippen LogP contribution in [0.1, 0.15) is 5.56 Å². The van der Waals surface area contributed by atoms with E-state index in [4.69, 9.17) is 4.74 Å². The fourth-order valence-corrected chi connectivity index (χ4v) is 2.51. The number of nitro benzene ring substituents is 1. The van der Waals surface area contributed by atoms with Crippen molar-refractivity contribution in [2.24, 2.45) is 0 Å². The summed E-state index contributed by atoms with van der Waals surface area (Å²) in [7, 11) is 1.64. The molecule has 98 valence electrons. The van der Waals surface area contributed by atoms with Crippen molar-refractivity contribution >= 4 is 17.4 Å². The molecule has 19 heavy (non-hydrogen) atoms. The molecule has 0 amide bonds. The van der Waals surface area contributed by atoms with Crippen molar-refractivity contribution in [2.75, 3.05) is 7.11 Å². The molecule has 0 aliphatic rings. The van der Waals surface area contributed by atoms with Gasteiger partial charge in [0.25, 0.3) is 5.69 Å². The first kappa shape index (κ1) is 13.4. The maximum absolute atomic E-state index is 10.6. The van der Waals surface area contributed by atoms with Crippen molar-refractivity contribution in [2.45, 2.75) is 16.7 Å². The summed E-state index contributed by atoms with van der Waals surface area (Å²) in [6, 6.07) is 12.4. The fourth-order valence-electron chi connectivity index (χ4n) is 1.63. The molecule has 0 heterocycles. The lowest BCUT2D eigenvalue weighted by Crippen LogP contribution is -1.87. The van der Waals surface area contributed by atoms with E-state index in [1.54, 1.807) is 31.0 Å². The minimum atomic E-state index is -0.396. The molecule has 0 saturated heterocycles. The largest absolute Gasteiger partial charge is 0.497 e. The summed E-state index contributed by atoms with van der Waals surface area (Å²) >= 11 is 1.58. The second-order valence-corrected chi connectivity index (χ2v) is 5.10. The van der Waals surface area contributed by atoms with Crippen LogP contribution in [0.15, 0.2) is 52.3 Å². The Kier molecular flexibility index (Phi) is 4.06. The molecule has 0 spiro atoms. The van der Waals surface area contributed by atoms with Gasteiger partial charge in [0.1, 0.15) is 5.75 Å². The van der Waals surface area contributed by atoms with Crippen LogP contribution in [0.4, 0.5) is 5.69 Å². The Morgan fingerprint density at radius 2 is 1.84 bits per heavy atom. The number of methoxy groups -OCH3 is 1. The van der Waals surface area contributed by atoms with E-state index in [1.807, 2.05) is 25.1 Å². The Labute approximate surface area is 115 Å². The van der Waals surface area contributed by atoms with Crippen LogP contribution < -0.4 is 4.74 Å². The van der Waals surface area contributed by atoms with E-state index >= 15 is 0 Å². The Morgan fingerprint density at radius 1 is 1.16 bits per heavy atom. The van der Waals surface area contributed by atoms with Gasteiger partial charge in [-0.2, -0.15) is 0 Å². The molecule has 0 unspecified atom stereocenters. The highest BCUT2D eigenvalue weighted by molar-refractivity contribution is 7.99. The predicted octanol–water partition coefficient (Wildman–Crippen LogP) is 4.06. The third kappa shape index (κ3) is 3.26. The summed E-state index contributed by atoms with van der Waals surface area (Å²) < 4.78 is 5.16. The van der Waals surface area contributed by atoms with Gasteiger partial charge in [0, 0.05) is 21.9 Å². The highest BCUT2D eigenvalue weighted by Gasteiger charge is 2.06. The first-order valence-corrected chi connectivity index (χ1v) is 6.49. The lowest BCUT2D eigenvalue weighted by atomic mass is 10.2. The van der Waals surface area contributed by atoms with Crippen LogP contribution in [-0.2, 0) is 0 Å². The zero-order chi connectivity index (χ0) is 13.8. The van der Waals surface area contributed by atoms with Gasteiger partial charge in [-0.25, -0.2) is 0 Å². The van der Waals surface area contributed by atoms with Gasteiger partial charge in [-0.15, -0.1) is 0 Å². The Bertz CT molecular complexity index is 596. The number of aryl methyl sites for hydroxylation is 1. The van der Waals surface area contributed by atoms with Crippen molar-refractivity contribution in [1.29, 1.82) is 0 Å². The van der Waals surface area contributed by atoms with E-state index in [2.05, 4.69) is 0 Å². The Hall–Kier alpha value is -2.01. The monoisotopic (exact) mass is 275 g/mol. The second kappa shape index (κ2) is 5.75. The molecule has 4 nitrogen and oxygen atoms in total. The molecule has 0 fully saturated rings. The lowest BCUT2D eigenvalue weighted by molar-refractivity contribution is -0.384. The standard InChI is InChI=1S/C14H13NO3S/c1-10-9-12(18-2)5-8-14(10)19-13-6-3-11(4-7-13)15(16)17/h3-9H,1-2H3. The smallest absolute Gasteiger partial charge is 0.269 e. The van der Waals surface area contributed by atoms with E-state index in [9.17, 15) is 10.1 Å². The number of hydrogen-bond donors (Lipinski definition) is 0. The van der Waals surface area contributed by atoms with Gasteiger partial charge in [-0.3, -0.25) is 10.1 Å². The predicted molar refractivity (Wildman–Crippen MR) is 75.0 cm³/mol. The minimum Gasteiger partial charge on any atom is -0.497 e. The molecule has 2 aromatic rings. The van der Waals surface area contributed by atoms with E-state index < -0.39 is 4.92 Å². The van der Waals surface area contributed by atoms with Gasteiger partial charge < -0.3 is 4.74 Å². The molecule has 0 aromatic heterocycles. The molecule has 0 bridgehead atoms. The number of benzene rings is 2. The van der Waals surface area contributed by atoms with Crippen LogP contribution in [0.25, 0.3) is 0 Å². The summed E-state index contributed by atoms with van der Waals surface area (Å²) in [5.74, 6) is 0.825. The van der Waals surface area contributed by atoms with Gasteiger partial charge in [-0.05, 0) is 42.8 Å². The number of non-ortho nitro benzene ring substituents is 1. The Morgan fingerprint density at radius 3 is 2.37 bits per heavy atom. The summed E-state index contributed by atoms with van der Waals surface area (Å²) in [5.41, 5.74) is 1.22. The van der Waals surface area contributed by atoms with Gasteiger partial charge in [0.2, 0.25) is 0 Å². The number of ether oxygens (including phenoxy) is 1. The first-order chi connectivity index (χ1) is 9.10. The normalized spacial score (nSPS) is 10.2. The molecule has 0 N–H and O–H groups in total. The maximum Gasteiger partial charge on any atom is 0.269 e. The third-order valence-electron chi connectivity index (χ3n) is 2.66. The van der Waals surface area contributed by atoms with Crippen LogP contribution in [0.2, 0.25) is 0 Å². The molecule has 2 rings (SSSR count). The molecule has 5 heteroatoms. The zero-order valence-corrected chi connectivity index (χ0v) is 11.4. The topological polar surface area (TPSA) is 52.4 Å². The van der Waals surface area contributed by atoms with Crippen LogP contribution in [-0.4, -0.2) is 12.0 Å². The molecule has 0 saturated carbocycles. The fraction of sp³-hybridized carbons (Fsp3) is 0.143. The molecule has 0 aliphatic carbocycles. The van der Waals surface area contributed by atoms with Crippen molar-refractivity contribution in [1.82, 2.24) is 0 Å². The quantitative estimate of drug-likeness (QED) is 0.623. The molecule has 0 radical (unpaired) electrons. The van der Waals surface area contributed by atoms with Gasteiger partial charge >= 0.3 is 0 Å². The molecule has 0 aliphatic heterocycles. The van der Waals surface area contributed by atoms with Gasteiger partial charge in [0.05, 0.1) is 12.0 Å². The summed E-state index contributed by atoms with van der Waals surface area (Å²) in [4.78, 5) is 12.3. The van der Waals surface area contributed by atoms with Gasteiger partial charge in [0.15, 0.2) is 0 Å². The number of hydrogen-bond acceptors (Lipinski definition) is 4. The number of rotatable bonds is 4. The van der Waals surface area contributed by atoms with Gasteiger partial charge in [-0.1, -0.05) is 11.8 Å². The highest BCUT2D eigenvalue weighted by Crippen LogP contribution is 2.32. The average molecular weight is 275 g/mol. The molecule has 2 aromatic carbocycles. The molecule has 0 atom stereocenters. The van der Waals surface area contributed by atoms with E-state index in [-0.39, 0.29) is 5.69 Å². The summed E-state index contributed by atoms with van der Waals surface area (Å²) in [6.45, 7) is 2.01. The Balaban J connectivity index is 2.19. The van der Waals surface area contributed by atoms with Crippen LogP contribution in [0.5, 0.6) is 5.75 Å². The third-order valence-corrected chi connectivity index (χ3v) is 3.84. The van der Waals surface area contributed by atoms with Crippen LogP contribution in [0, 0.1) is 17.0 Å². The second-order valence-electron chi connectivity index (χ2n) is 3.98. The van der Waals surface area contributed by atoms with Crippen molar-refractivity contribution in [3.8, 4) is 5.75 Å². The zero-order valence-electron chi connectivity index (χ0n) is 10.6. The minimum absolute atomic E-state index is 0.107. The van der Waals surface area contributed by atoms with E-state index in [0.29, 0.717) is 0 Å². The van der Waals surface area contributed by atoms with Crippen molar-refractivity contribution < 1.29 is 9.66 Å². The highest BCUT2D eigenvalue weighted by atomic mass is 32.2. The molecular formula is C14H13NO3S. The maximum atomic E-state index is 10.6. The van der Waals surface area contributed by atoms with Crippen LogP contribution >= 0.6 is 11.8 Å². The van der Waals surface area contributed by atoms with Crippen molar-refractivity contribution in [3.63, 3.8) is 0 Å². The summed E-state index contributed by atoms with van der Waals surface area (Å²) in [6.07, 6.45) is 0. The lowest BCUT2D eigenvalue weighted by Gasteiger charge is -2.07. The first-order valence-electron chi connectivity index (χ1n) is 5.67. The van der Waals surface area contributed by atoms with Crippen molar-refractivity contribution in [3.05, 3.63) is 58.1 Å². The van der Waals surface area contributed by atoms with E-state index in [1.165, 1.54) is 12.1 Å². The van der Waals surface area contributed by atoms with Crippen LogP contribution in [0.3, 0.4) is 0 Å². The SMILES string of the molecule is COc1ccc(Sc2ccc([N+](=O)[O-])cc2)c(C)c1. The average Bonchev–Trinajstić information content (AvgIpc) is 2.41. The number of nitro groups is 1. The number of nitrogens with zero attached hydrogens (tertiary/aromatic N) is 1. The summed E-state index contributed by atoms with van der Waals surface area (Å²) in [5, 5.41) is 10.6. The van der Waals surface area contributed by atoms with E-state index in [0.717, 1.165) is 21.1 Å².